The van der Waals surface area contributed by atoms with Gasteiger partial charge >= 0.3 is 0 Å². The Labute approximate surface area is 164 Å². The number of aryl methyl sites for hydroxylation is 1. The quantitative estimate of drug-likeness (QED) is 0.763. The molecule has 0 saturated carbocycles. The number of halogens is 2. The van der Waals surface area contributed by atoms with E-state index in [-0.39, 0.29) is 11.7 Å². The summed E-state index contributed by atoms with van der Waals surface area (Å²) in [5.41, 5.74) is 1.50. The van der Waals surface area contributed by atoms with Crippen LogP contribution in [0, 0.1) is 12.7 Å². The Hall–Kier alpha value is -2.27. The van der Waals surface area contributed by atoms with Crippen LogP contribution in [-0.2, 0) is 4.79 Å². The molecule has 2 aromatic carbocycles. The standard InChI is InChI=1S/C21H24ClFN2O2/c1-3-20(27-16-8-9-17(22)15(2)14-16)21(26)25-12-10-24(11-13-25)19-7-5-4-6-18(19)23/h4-9,14,20H,3,10-13H2,1-2H3. The normalized spacial score (nSPS) is 15.6. The summed E-state index contributed by atoms with van der Waals surface area (Å²) in [6, 6.07) is 12.1. The first-order valence-electron chi connectivity index (χ1n) is 9.20. The smallest absolute Gasteiger partial charge is 0.263 e. The average Bonchev–Trinajstić information content (AvgIpc) is 2.69. The molecular formula is C21H24ClFN2O2. The molecular weight excluding hydrogens is 367 g/mol. The number of carbonyl (C=O) groups excluding carboxylic acids is 1. The van der Waals surface area contributed by atoms with Crippen LogP contribution in [0.15, 0.2) is 42.5 Å². The van der Waals surface area contributed by atoms with Crippen LogP contribution in [-0.4, -0.2) is 43.1 Å². The van der Waals surface area contributed by atoms with Crippen molar-refractivity contribution in [2.24, 2.45) is 0 Å². The fourth-order valence-corrected chi connectivity index (χ4v) is 3.36. The van der Waals surface area contributed by atoms with Crippen molar-refractivity contribution in [1.29, 1.82) is 0 Å². The summed E-state index contributed by atoms with van der Waals surface area (Å²) in [6.45, 7) is 6.13. The predicted molar refractivity (Wildman–Crippen MR) is 106 cm³/mol. The number of para-hydroxylation sites is 1. The minimum atomic E-state index is -0.536. The number of benzene rings is 2. The van der Waals surface area contributed by atoms with Crippen LogP contribution in [0.1, 0.15) is 18.9 Å². The van der Waals surface area contributed by atoms with Gasteiger partial charge in [0.25, 0.3) is 5.91 Å². The van der Waals surface area contributed by atoms with Crippen LogP contribution < -0.4 is 9.64 Å². The topological polar surface area (TPSA) is 32.8 Å². The first-order valence-corrected chi connectivity index (χ1v) is 9.58. The Balaban J connectivity index is 1.61. The maximum absolute atomic E-state index is 14.0. The van der Waals surface area contributed by atoms with E-state index in [2.05, 4.69) is 0 Å². The van der Waals surface area contributed by atoms with Crippen LogP contribution in [0.4, 0.5) is 10.1 Å². The maximum atomic E-state index is 14.0. The molecule has 0 aliphatic carbocycles. The van der Waals surface area contributed by atoms with Gasteiger partial charge in [-0.3, -0.25) is 4.79 Å². The Bertz CT molecular complexity index is 807. The molecule has 6 heteroatoms. The van der Waals surface area contributed by atoms with E-state index in [0.717, 1.165) is 5.56 Å². The van der Waals surface area contributed by atoms with Crippen molar-refractivity contribution >= 4 is 23.2 Å². The molecule has 1 saturated heterocycles. The Kier molecular flexibility index (Phi) is 6.22. The van der Waals surface area contributed by atoms with E-state index in [1.165, 1.54) is 6.07 Å². The molecule has 1 heterocycles. The minimum Gasteiger partial charge on any atom is -0.481 e. The largest absolute Gasteiger partial charge is 0.481 e. The molecule has 3 rings (SSSR count). The summed E-state index contributed by atoms with van der Waals surface area (Å²) in [4.78, 5) is 16.7. The van der Waals surface area contributed by atoms with Gasteiger partial charge in [0.2, 0.25) is 0 Å². The van der Waals surface area contributed by atoms with E-state index in [9.17, 15) is 9.18 Å². The van der Waals surface area contributed by atoms with Gasteiger partial charge in [-0.05, 0) is 49.2 Å². The minimum absolute atomic E-state index is 0.0294. The lowest BCUT2D eigenvalue weighted by molar-refractivity contribution is -0.139. The molecule has 1 amide bonds. The lowest BCUT2D eigenvalue weighted by Crippen LogP contribution is -2.52. The average molecular weight is 391 g/mol. The van der Waals surface area contributed by atoms with E-state index in [0.29, 0.717) is 49.1 Å². The molecule has 0 spiro atoms. The van der Waals surface area contributed by atoms with E-state index >= 15 is 0 Å². The van der Waals surface area contributed by atoms with Gasteiger partial charge in [-0.2, -0.15) is 0 Å². The van der Waals surface area contributed by atoms with Crippen LogP contribution in [0.25, 0.3) is 0 Å². The van der Waals surface area contributed by atoms with Crippen LogP contribution in [0.2, 0.25) is 5.02 Å². The van der Waals surface area contributed by atoms with Crippen molar-refractivity contribution in [1.82, 2.24) is 4.90 Å². The second kappa shape index (κ2) is 8.61. The molecule has 1 unspecified atom stereocenters. The summed E-state index contributed by atoms with van der Waals surface area (Å²) in [6.07, 6.45) is 0.0409. The van der Waals surface area contributed by atoms with Crippen molar-refractivity contribution in [3.05, 3.63) is 58.9 Å². The summed E-state index contributed by atoms with van der Waals surface area (Å²) in [5.74, 6) is 0.380. The van der Waals surface area contributed by atoms with Gasteiger partial charge in [0.15, 0.2) is 6.10 Å². The number of rotatable bonds is 5. The second-order valence-corrected chi connectivity index (χ2v) is 7.10. The van der Waals surface area contributed by atoms with Gasteiger partial charge in [-0.15, -0.1) is 0 Å². The molecule has 1 atom stereocenters. The molecule has 4 nitrogen and oxygen atoms in total. The zero-order chi connectivity index (χ0) is 19.4. The number of ether oxygens (including phenoxy) is 1. The van der Waals surface area contributed by atoms with E-state index in [1.807, 2.05) is 30.9 Å². The first-order chi connectivity index (χ1) is 13.0. The summed E-state index contributed by atoms with van der Waals surface area (Å²) < 4.78 is 19.9. The fourth-order valence-electron chi connectivity index (χ4n) is 3.24. The van der Waals surface area contributed by atoms with Crippen molar-refractivity contribution in [2.45, 2.75) is 26.4 Å². The van der Waals surface area contributed by atoms with Crippen molar-refractivity contribution < 1.29 is 13.9 Å². The Morgan fingerprint density at radius 1 is 1.19 bits per heavy atom. The van der Waals surface area contributed by atoms with E-state index < -0.39 is 6.10 Å². The highest BCUT2D eigenvalue weighted by molar-refractivity contribution is 6.31. The molecule has 1 aliphatic heterocycles. The van der Waals surface area contributed by atoms with E-state index in [4.69, 9.17) is 16.3 Å². The van der Waals surface area contributed by atoms with Crippen molar-refractivity contribution in [3.63, 3.8) is 0 Å². The number of nitrogens with zero attached hydrogens (tertiary/aromatic N) is 2. The molecule has 0 N–H and O–H groups in total. The highest BCUT2D eigenvalue weighted by Gasteiger charge is 2.28. The molecule has 0 radical (unpaired) electrons. The van der Waals surface area contributed by atoms with Crippen LogP contribution in [0.5, 0.6) is 5.75 Å². The third-order valence-electron chi connectivity index (χ3n) is 4.84. The third kappa shape index (κ3) is 4.53. The van der Waals surface area contributed by atoms with Gasteiger partial charge in [0, 0.05) is 31.2 Å². The Morgan fingerprint density at radius 2 is 1.89 bits per heavy atom. The number of amides is 1. The van der Waals surface area contributed by atoms with E-state index in [1.54, 1.807) is 29.2 Å². The molecule has 2 aromatic rings. The number of piperazine rings is 1. The highest BCUT2D eigenvalue weighted by atomic mass is 35.5. The maximum Gasteiger partial charge on any atom is 0.263 e. The molecule has 1 aliphatic rings. The number of carbonyl (C=O) groups is 1. The zero-order valence-corrected chi connectivity index (χ0v) is 16.4. The molecule has 0 aromatic heterocycles. The molecule has 1 fully saturated rings. The highest BCUT2D eigenvalue weighted by Crippen LogP contribution is 2.24. The lowest BCUT2D eigenvalue weighted by Gasteiger charge is -2.37. The lowest BCUT2D eigenvalue weighted by atomic mass is 10.2. The summed E-state index contributed by atoms with van der Waals surface area (Å²) in [5, 5.41) is 0.672. The number of hydrogen-bond donors (Lipinski definition) is 0. The van der Waals surface area contributed by atoms with Gasteiger partial charge in [-0.1, -0.05) is 30.7 Å². The van der Waals surface area contributed by atoms with Gasteiger partial charge in [0.05, 0.1) is 5.69 Å². The molecule has 144 valence electrons. The third-order valence-corrected chi connectivity index (χ3v) is 5.26. The molecule has 27 heavy (non-hydrogen) atoms. The number of hydrogen-bond acceptors (Lipinski definition) is 3. The predicted octanol–water partition coefficient (Wildman–Crippen LogP) is 4.29. The van der Waals surface area contributed by atoms with Crippen LogP contribution in [0.3, 0.4) is 0 Å². The van der Waals surface area contributed by atoms with Gasteiger partial charge < -0.3 is 14.5 Å². The monoisotopic (exact) mass is 390 g/mol. The van der Waals surface area contributed by atoms with Gasteiger partial charge in [0.1, 0.15) is 11.6 Å². The van der Waals surface area contributed by atoms with Crippen molar-refractivity contribution in [2.75, 3.05) is 31.1 Å². The van der Waals surface area contributed by atoms with Crippen LogP contribution >= 0.6 is 11.6 Å². The summed E-state index contributed by atoms with van der Waals surface area (Å²) in [7, 11) is 0. The SMILES string of the molecule is CCC(Oc1ccc(Cl)c(C)c1)C(=O)N1CCN(c2ccccc2F)CC1. The van der Waals surface area contributed by atoms with Gasteiger partial charge in [-0.25, -0.2) is 4.39 Å². The molecule has 0 bridgehead atoms. The summed E-state index contributed by atoms with van der Waals surface area (Å²) >= 11 is 6.05. The second-order valence-electron chi connectivity index (χ2n) is 6.69. The number of anilines is 1. The van der Waals surface area contributed by atoms with Crippen molar-refractivity contribution in [3.8, 4) is 5.75 Å². The fraction of sp³-hybridized carbons (Fsp3) is 0.381. The first kappa shape index (κ1) is 19.5. The Morgan fingerprint density at radius 3 is 2.52 bits per heavy atom. The zero-order valence-electron chi connectivity index (χ0n) is 15.6.